The predicted octanol–water partition coefficient (Wildman–Crippen LogP) is 4.89. The van der Waals surface area contributed by atoms with Crippen LogP contribution in [0.4, 0.5) is 0 Å². The number of ether oxygens (including phenoxy) is 1. The Hall–Kier alpha value is -2.79. The van der Waals surface area contributed by atoms with E-state index in [0.717, 1.165) is 21.9 Å². The highest BCUT2D eigenvalue weighted by molar-refractivity contribution is 7.98. The van der Waals surface area contributed by atoms with E-state index in [9.17, 15) is 4.79 Å². The molecule has 4 nitrogen and oxygen atoms in total. The van der Waals surface area contributed by atoms with E-state index in [0.29, 0.717) is 12.3 Å². The van der Waals surface area contributed by atoms with Gasteiger partial charge in [-0.05, 0) is 36.1 Å². The molecular formula is C22H21NO3S. The summed E-state index contributed by atoms with van der Waals surface area (Å²) in [6.07, 6.45) is 2.04. The first-order chi connectivity index (χ1) is 13.2. The third-order valence-electron chi connectivity index (χ3n) is 4.05. The highest BCUT2D eigenvalue weighted by atomic mass is 32.2. The fourth-order valence-electron chi connectivity index (χ4n) is 2.79. The Morgan fingerprint density at radius 3 is 2.48 bits per heavy atom. The zero-order valence-corrected chi connectivity index (χ0v) is 16.2. The lowest BCUT2D eigenvalue weighted by molar-refractivity contribution is -0.148. The molecule has 0 aliphatic heterocycles. The highest BCUT2D eigenvalue weighted by Crippen LogP contribution is 2.23. The summed E-state index contributed by atoms with van der Waals surface area (Å²) in [6, 6.07) is 22.3. The van der Waals surface area contributed by atoms with Gasteiger partial charge in [-0.3, -0.25) is 0 Å². The van der Waals surface area contributed by atoms with E-state index in [-0.39, 0.29) is 6.61 Å². The third-order valence-corrected chi connectivity index (χ3v) is 4.80. The van der Waals surface area contributed by atoms with Gasteiger partial charge >= 0.3 is 5.97 Å². The Morgan fingerprint density at radius 2 is 1.74 bits per heavy atom. The van der Waals surface area contributed by atoms with Crippen LogP contribution >= 0.6 is 11.8 Å². The first-order valence-corrected chi connectivity index (χ1v) is 9.93. The van der Waals surface area contributed by atoms with Crippen LogP contribution in [0, 0.1) is 0 Å². The highest BCUT2D eigenvalue weighted by Gasteiger charge is 2.12. The number of thioether (sulfide) groups is 1. The van der Waals surface area contributed by atoms with Gasteiger partial charge in [0, 0.05) is 16.0 Å². The minimum atomic E-state index is -0.434. The summed E-state index contributed by atoms with van der Waals surface area (Å²) in [5.74, 6) is -0.434. The van der Waals surface area contributed by atoms with Gasteiger partial charge in [0.15, 0.2) is 0 Å². The van der Waals surface area contributed by atoms with Crippen molar-refractivity contribution in [1.82, 2.24) is 0 Å². The van der Waals surface area contributed by atoms with E-state index in [1.54, 1.807) is 18.7 Å². The molecule has 0 atom stereocenters. The van der Waals surface area contributed by atoms with Crippen molar-refractivity contribution in [2.75, 3.05) is 19.5 Å². The fraction of sp³-hybridized carbons (Fsp3) is 0.182. The number of rotatable bonds is 7. The largest absolute Gasteiger partial charge is 0.463 e. The number of carbonyl (C=O) groups is 1. The van der Waals surface area contributed by atoms with Gasteiger partial charge in [-0.15, -0.1) is 11.8 Å². The molecule has 0 saturated carbocycles. The minimum Gasteiger partial charge on any atom is -0.463 e. The first-order valence-electron chi connectivity index (χ1n) is 8.71. The van der Waals surface area contributed by atoms with Gasteiger partial charge in [0.25, 0.3) is 0 Å². The van der Waals surface area contributed by atoms with Gasteiger partial charge in [-0.2, -0.15) is 0 Å². The van der Waals surface area contributed by atoms with Crippen LogP contribution in [0.5, 0.6) is 0 Å². The number of hydrogen-bond acceptors (Lipinski definition) is 5. The van der Waals surface area contributed by atoms with Crippen molar-refractivity contribution in [3.05, 3.63) is 77.9 Å². The van der Waals surface area contributed by atoms with E-state index in [2.05, 4.69) is 23.4 Å². The van der Waals surface area contributed by atoms with E-state index >= 15 is 0 Å². The Bertz CT molecular complexity index is 946. The summed E-state index contributed by atoms with van der Waals surface area (Å²) in [7, 11) is 0. The summed E-state index contributed by atoms with van der Waals surface area (Å²) in [4.78, 5) is 18.1. The molecule has 0 amide bonds. The van der Waals surface area contributed by atoms with Gasteiger partial charge in [0.1, 0.15) is 5.71 Å². The second-order valence-electron chi connectivity index (χ2n) is 5.77. The summed E-state index contributed by atoms with van der Waals surface area (Å²) in [6.45, 7) is 1.86. The molecule has 3 aromatic rings. The number of hydrogen-bond donors (Lipinski definition) is 0. The number of oxime groups is 1. The Kier molecular flexibility index (Phi) is 6.49. The molecule has 0 saturated heterocycles. The Labute approximate surface area is 163 Å². The third kappa shape index (κ3) is 4.68. The van der Waals surface area contributed by atoms with Crippen molar-refractivity contribution in [1.29, 1.82) is 0 Å². The topological polar surface area (TPSA) is 47.9 Å². The average molecular weight is 379 g/mol. The molecule has 0 N–H and O–H groups in total. The smallest absolute Gasteiger partial charge is 0.347 e. The Balaban J connectivity index is 2.01. The molecule has 27 heavy (non-hydrogen) atoms. The van der Waals surface area contributed by atoms with Gasteiger partial charge in [-0.1, -0.05) is 59.8 Å². The number of fused-ring (bicyclic) bond motifs is 1. The summed E-state index contributed by atoms with van der Waals surface area (Å²) < 4.78 is 4.90. The maximum Gasteiger partial charge on any atom is 0.347 e. The molecule has 0 spiro atoms. The van der Waals surface area contributed by atoms with E-state index < -0.39 is 5.97 Å². The van der Waals surface area contributed by atoms with Crippen LogP contribution < -0.4 is 0 Å². The monoisotopic (exact) mass is 379 g/mol. The quantitative estimate of drug-likeness (QED) is 0.254. The Morgan fingerprint density at radius 1 is 1.00 bits per heavy atom. The number of benzene rings is 3. The molecule has 3 rings (SSSR count). The van der Waals surface area contributed by atoms with Crippen LogP contribution in [0.3, 0.4) is 0 Å². The molecule has 3 aromatic carbocycles. The summed E-state index contributed by atoms with van der Waals surface area (Å²) in [5.41, 5.74) is 2.56. The molecule has 138 valence electrons. The molecule has 0 aliphatic carbocycles. The molecular weight excluding hydrogens is 358 g/mol. The van der Waals surface area contributed by atoms with Crippen LogP contribution in [-0.2, 0) is 14.4 Å². The fourth-order valence-corrected chi connectivity index (χ4v) is 3.20. The van der Waals surface area contributed by atoms with Crippen LogP contribution in [0.25, 0.3) is 10.8 Å². The van der Waals surface area contributed by atoms with Crippen molar-refractivity contribution >= 4 is 34.2 Å². The van der Waals surface area contributed by atoms with Crippen molar-refractivity contribution in [3.8, 4) is 0 Å². The molecule has 0 aromatic heterocycles. The van der Waals surface area contributed by atoms with E-state index in [4.69, 9.17) is 9.57 Å². The lowest BCUT2D eigenvalue weighted by Crippen LogP contribution is -2.12. The number of esters is 1. The maximum atomic E-state index is 11.6. The second kappa shape index (κ2) is 9.24. The average Bonchev–Trinajstić information content (AvgIpc) is 2.71. The van der Waals surface area contributed by atoms with Crippen molar-refractivity contribution in [2.45, 2.75) is 11.8 Å². The molecule has 0 fully saturated rings. The van der Waals surface area contributed by atoms with Gasteiger partial charge in [0.05, 0.1) is 6.61 Å². The second-order valence-corrected chi connectivity index (χ2v) is 6.65. The van der Waals surface area contributed by atoms with E-state index in [1.807, 2.05) is 54.8 Å². The van der Waals surface area contributed by atoms with Gasteiger partial charge < -0.3 is 9.57 Å². The molecule has 0 unspecified atom stereocenters. The van der Waals surface area contributed by atoms with Crippen molar-refractivity contribution in [2.24, 2.45) is 5.16 Å². The van der Waals surface area contributed by atoms with Gasteiger partial charge in [0.2, 0.25) is 6.61 Å². The lowest BCUT2D eigenvalue weighted by atomic mass is 9.97. The van der Waals surface area contributed by atoms with E-state index in [1.165, 1.54) is 4.90 Å². The van der Waals surface area contributed by atoms with Gasteiger partial charge in [-0.25, -0.2) is 4.79 Å². The predicted molar refractivity (Wildman–Crippen MR) is 110 cm³/mol. The SMILES string of the molecule is CCOC(=O)CO/N=C(\c1ccc(SC)cc1)c1cccc2ccccc12. The minimum absolute atomic E-state index is 0.217. The molecule has 0 heterocycles. The molecule has 0 bridgehead atoms. The van der Waals surface area contributed by atoms with Crippen LogP contribution in [0.1, 0.15) is 18.1 Å². The van der Waals surface area contributed by atoms with Crippen LogP contribution in [-0.4, -0.2) is 31.2 Å². The van der Waals surface area contributed by atoms with Crippen molar-refractivity contribution in [3.63, 3.8) is 0 Å². The first kappa shape index (κ1) is 19.0. The zero-order chi connectivity index (χ0) is 19.1. The zero-order valence-electron chi connectivity index (χ0n) is 15.3. The summed E-state index contributed by atoms with van der Waals surface area (Å²) >= 11 is 1.68. The molecule has 5 heteroatoms. The van der Waals surface area contributed by atoms with Crippen LogP contribution in [0.15, 0.2) is 76.8 Å². The maximum absolute atomic E-state index is 11.6. The normalized spacial score (nSPS) is 11.4. The standard InChI is InChI=1S/C22H21NO3S/c1-3-25-21(24)15-26-23-22(17-11-13-18(27-2)14-12-17)20-10-6-8-16-7-4-5-9-19(16)20/h4-14H,3,15H2,1-2H3/b23-22+. The van der Waals surface area contributed by atoms with Crippen molar-refractivity contribution < 1.29 is 14.4 Å². The summed E-state index contributed by atoms with van der Waals surface area (Å²) in [5, 5.41) is 6.50. The van der Waals surface area contributed by atoms with Crippen LogP contribution in [0.2, 0.25) is 0 Å². The number of carbonyl (C=O) groups excluding carboxylic acids is 1. The molecule has 0 aliphatic rings. The molecule has 0 radical (unpaired) electrons. The lowest BCUT2D eigenvalue weighted by Gasteiger charge is -2.11. The number of nitrogens with zero attached hydrogens (tertiary/aromatic N) is 1.